The fraction of sp³-hybridized carbons (Fsp3) is 0.273. The van der Waals surface area contributed by atoms with Gasteiger partial charge >= 0.3 is 0 Å². The fourth-order valence-corrected chi connectivity index (χ4v) is 3.32. The van der Waals surface area contributed by atoms with Crippen molar-refractivity contribution in [2.45, 2.75) is 18.9 Å². The van der Waals surface area contributed by atoms with Crippen LogP contribution in [0.15, 0.2) is 54.7 Å². The van der Waals surface area contributed by atoms with Gasteiger partial charge in [0.05, 0.1) is 7.11 Å². The van der Waals surface area contributed by atoms with Crippen molar-refractivity contribution in [3.8, 4) is 11.5 Å². The van der Waals surface area contributed by atoms with Gasteiger partial charge in [0.15, 0.2) is 0 Å². The van der Waals surface area contributed by atoms with Crippen molar-refractivity contribution >= 4 is 34.9 Å². The zero-order valence-corrected chi connectivity index (χ0v) is 17.0. The van der Waals surface area contributed by atoms with Gasteiger partial charge in [-0.05, 0) is 73.8 Å². The lowest BCUT2D eigenvalue weighted by atomic mass is 10.1. The van der Waals surface area contributed by atoms with E-state index in [4.69, 9.17) is 9.47 Å². The largest absolute Gasteiger partial charge is 0.497 e. The van der Waals surface area contributed by atoms with Crippen LogP contribution in [0, 0.1) is 0 Å². The Hall–Kier alpha value is -2.83. The first-order valence-corrected chi connectivity index (χ1v) is 9.44. The number of piperidine rings is 1. The van der Waals surface area contributed by atoms with Crippen LogP contribution in [0.2, 0.25) is 0 Å². The molecule has 4 rings (SSSR count). The van der Waals surface area contributed by atoms with Crippen molar-refractivity contribution < 1.29 is 14.3 Å². The molecule has 1 aromatic heterocycles. The number of carbonyl (C=O) groups excluding carboxylic acids is 1. The third kappa shape index (κ3) is 5.16. The summed E-state index contributed by atoms with van der Waals surface area (Å²) >= 11 is 0. The van der Waals surface area contributed by atoms with Crippen molar-refractivity contribution in [3.63, 3.8) is 0 Å². The zero-order chi connectivity index (χ0) is 19.3. The van der Waals surface area contributed by atoms with Gasteiger partial charge in [-0.15, -0.1) is 12.4 Å². The number of pyridine rings is 1. The lowest BCUT2D eigenvalue weighted by Gasteiger charge is -2.24. The number of halogens is 1. The Morgan fingerprint density at radius 3 is 2.69 bits per heavy atom. The molecule has 0 unspecified atom stereocenters. The Balaban J connectivity index is 0.00000240. The summed E-state index contributed by atoms with van der Waals surface area (Å²) < 4.78 is 11.3. The highest BCUT2D eigenvalue weighted by Crippen LogP contribution is 2.25. The van der Waals surface area contributed by atoms with Crippen LogP contribution in [0.3, 0.4) is 0 Å². The Kier molecular flexibility index (Phi) is 6.90. The smallest absolute Gasteiger partial charge is 0.256 e. The van der Waals surface area contributed by atoms with E-state index in [0.717, 1.165) is 42.5 Å². The van der Waals surface area contributed by atoms with Crippen molar-refractivity contribution in [3.05, 3.63) is 60.3 Å². The maximum atomic E-state index is 12.5. The molecule has 7 heteroatoms. The average molecular weight is 414 g/mol. The molecule has 2 N–H and O–H groups in total. The van der Waals surface area contributed by atoms with E-state index in [1.165, 1.54) is 0 Å². The van der Waals surface area contributed by atoms with Crippen molar-refractivity contribution in [2.75, 3.05) is 25.5 Å². The van der Waals surface area contributed by atoms with E-state index in [1.807, 2.05) is 24.3 Å². The van der Waals surface area contributed by atoms with E-state index >= 15 is 0 Å². The molecular weight excluding hydrogens is 390 g/mol. The molecule has 152 valence electrons. The molecule has 0 spiro atoms. The number of hydrogen-bond acceptors (Lipinski definition) is 5. The molecule has 6 nitrogen and oxygen atoms in total. The van der Waals surface area contributed by atoms with Crippen LogP contribution < -0.4 is 20.1 Å². The third-order valence-electron chi connectivity index (χ3n) is 4.86. The summed E-state index contributed by atoms with van der Waals surface area (Å²) in [5.74, 6) is 1.75. The summed E-state index contributed by atoms with van der Waals surface area (Å²) in [7, 11) is 1.57. The lowest BCUT2D eigenvalue weighted by Crippen LogP contribution is -2.34. The summed E-state index contributed by atoms with van der Waals surface area (Å²) in [5.41, 5.74) is 0.518. The van der Waals surface area contributed by atoms with Crippen LogP contribution in [0.1, 0.15) is 23.2 Å². The van der Waals surface area contributed by atoms with Gasteiger partial charge in [-0.3, -0.25) is 4.79 Å². The van der Waals surface area contributed by atoms with E-state index in [1.54, 1.807) is 37.6 Å². The van der Waals surface area contributed by atoms with Crippen molar-refractivity contribution in [2.24, 2.45) is 0 Å². The van der Waals surface area contributed by atoms with Crippen molar-refractivity contribution in [1.82, 2.24) is 10.3 Å². The summed E-state index contributed by atoms with van der Waals surface area (Å²) in [6.45, 7) is 1.98. The maximum Gasteiger partial charge on any atom is 0.256 e. The predicted molar refractivity (Wildman–Crippen MR) is 116 cm³/mol. The van der Waals surface area contributed by atoms with E-state index in [9.17, 15) is 4.79 Å². The summed E-state index contributed by atoms with van der Waals surface area (Å²) in [6.07, 6.45) is 4.02. The van der Waals surface area contributed by atoms with Gasteiger partial charge in [-0.2, -0.15) is 0 Å². The Bertz CT molecular complexity index is 990. The number of carbonyl (C=O) groups is 1. The van der Waals surface area contributed by atoms with E-state index in [0.29, 0.717) is 17.1 Å². The second-order valence-electron chi connectivity index (χ2n) is 6.83. The number of benzene rings is 2. The number of fused-ring (bicyclic) bond motifs is 1. The van der Waals surface area contributed by atoms with Crippen LogP contribution in [-0.4, -0.2) is 37.2 Å². The van der Waals surface area contributed by atoms with Gasteiger partial charge in [0.1, 0.15) is 23.4 Å². The Morgan fingerprint density at radius 2 is 1.90 bits per heavy atom. The summed E-state index contributed by atoms with van der Waals surface area (Å²) in [5, 5.41) is 8.16. The molecule has 1 fully saturated rings. The molecular formula is C22H24ClN3O3. The number of anilines is 1. The molecule has 0 atom stereocenters. The molecule has 1 saturated heterocycles. The van der Waals surface area contributed by atoms with E-state index < -0.39 is 0 Å². The minimum absolute atomic E-state index is 0. The highest BCUT2D eigenvalue weighted by Gasteiger charge is 2.15. The SMILES string of the molecule is COc1cccc(C(=O)Nc2cc3cc(OC4CCNCC4)ccc3cn2)c1.Cl. The molecule has 0 saturated carbocycles. The van der Waals surface area contributed by atoms with E-state index in [-0.39, 0.29) is 24.4 Å². The normalized spacial score (nSPS) is 14.1. The topological polar surface area (TPSA) is 72.5 Å². The summed E-state index contributed by atoms with van der Waals surface area (Å²) in [6, 6.07) is 14.8. The highest BCUT2D eigenvalue weighted by atomic mass is 35.5. The van der Waals surface area contributed by atoms with Crippen LogP contribution in [-0.2, 0) is 0 Å². The fourth-order valence-electron chi connectivity index (χ4n) is 3.32. The van der Waals surface area contributed by atoms with Gasteiger partial charge in [-0.25, -0.2) is 4.98 Å². The second-order valence-corrected chi connectivity index (χ2v) is 6.83. The lowest BCUT2D eigenvalue weighted by molar-refractivity contribution is 0.102. The number of hydrogen-bond donors (Lipinski definition) is 2. The first-order valence-electron chi connectivity index (χ1n) is 9.44. The van der Waals surface area contributed by atoms with Crippen LogP contribution >= 0.6 is 12.4 Å². The molecule has 2 aromatic carbocycles. The molecule has 0 bridgehead atoms. The van der Waals surface area contributed by atoms with Gasteiger partial charge in [0, 0.05) is 17.1 Å². The number of amides is 1. The number of ether oxygens (including phenoxy) is 2. The van der Waals surface area contributed by atoms with Crippen LogP contribution in [0.5, 0.6) is 11.5 Å². The van der Waals surface area contributed by atoms with Gasteiger partial charge < -0.3 is 20.1 Å². The van der Waals surface area contributed by atoms with Gasteiger partial charge in [0.25, 0.3) is 5.91 Å². The molecule has 2 heterocycles. The average Bonchev–Trinajstić information content (AvgIpc) is 2.74. The Morgan fingerprint density at radius 1 is 1.07 bits per heavy atom. The zero-order valence-electron chi connectivity index (χ0n) is 16.2. The Labute approximate surface area is 176 Å². The molecule has 1 aliphatic heterocycles. The number of methoxy groups -OCH3 is 1. The van der Waals surface area contributed by atoms with Gasteiger partial charge in [0.2, 0.25) is 0 Å². The molecule has 3 aromatic rings. The van der Waals surface area contributed by atoms with Crippen LogP contribution in [0.4, 0.5) is 5.82 Å². The minimum atomic E-state index is -0.229. The van der Waals surface area contributed by atoms with Crippen LogP contribution in [0.25, 0.3) is 10.8 Å². The number of rotatable bonds is 5. The first-order chi connectivity index (χ1) is 13.7. The molecule has 1 amide bonds. The van der Waals surface area contributed by atoms with Crippen molar-refractivity contribution in [1.29, 1.82) is 0 Å². The number of nitrogens with zero attached hydrogens (tertiary/aromatic N) is 1. The second kappa shape index (κ2) is 9.58. The molecule has 0 aliphatic carbocycles. The molecule has 0 radical (unpaired) electrons. The first kappa shape index (κ1) is 20.9. The number of aromatic nitrogens is 1. The molecule has 29 heavy (non-hydrogen) atoms. The van der Waals surface area contributed by atoms with E-state index in [2.05, 4.69) is 15.6 Å². The maximum absolute atomic E-state index is 12.5. The predicted octanol–water partition coefficient (Wildman–Crippen LogP) is 4.05. The third-order valence-corrected chi connectivity index (χ3v) is 4.86. The summed E-state index contributed by atoms with van der Waals surface area (Å²) in [4.78, 5) is 16.9. The monoisotopic (exact) mass is 413 g/mol. The van der Waals surface area contributed by atoms with Gasteiger partial charge in [-0.1, -0.05) is 6.07 Å². The standard InChI is InChI=1S/C22H23N3O3.ClH/c1-27-19-4-2-3-15(11-19)22(26)25-21-13-17-12-20(6-5-16(17)14-24-21)28-18-7-9-23-10-8-18;/h2-6,11-14,18,23H,7-10H2,1H3,(H,24,25,26);1H. The minimum Gasteiger partial charge on any atom is -0.497 e. The molecule has 1 aliphatic rings. The quantitative estimate of drug-likeness (QED) is 0.660. The highest BCUT2D eigenvalue weighted by molar-refractivity contribution is 6.04. The number of nitrogens with one attached hydrogen (secondary N) is 2.